The van der Waals surface area contributed by atoms with E-state index in [1.807, 2.05) is 44.2 Å². The summed E-state index contributed by atoms with van der Waals surface area (Å²) in [6.07, 6.45) is -0.972. The highest BCUT2D eigenvalue weighted by Crippen LogP contribution is 2.35. The molecule has 1 aliphatic rings. The van der Waals surface area contributed by atoms with Gasteiger partial charge in [0.2, 0.25) is 0 Å². The van der Waals surface area contributed by atoms with Crippen molar-refractivity contribution in [1.82, 2.24) is 0 Å². The first-order valence-corrected chi connectivity index (χ1v) is 8.19. The van der Waals surface area contributed by atoms with Crippen molar-refractivity contribution < 1.29 is 19.1 Å². The molecule has 0 bridgehead atoms. The van der Waals surface area contributed by atoms with Gasteiger partial charge >= 0.3 is 5.97 Å². The van der Waals surface area contributed by atoms with Gasteiger partial charge in [0.15, 0.2) is 6.10 Å². The van der Waals surface area contributed by atoms with E-state index in [2.05, 4.69) is 10.8 Å². The summed E-state index contributed by atoms with van der Waals surface area (Å²) in [6.45, 7) is 4.51. The third-order valence-corrected chi connectivity index (χ3v) is 4.37. The lowest BCUT2D eigenvalue weighted by atomic mass is 10.0. The van der Waals surface area contributed by atoms with Crippen LogP contribution in [0.5, 0.6) is 5.75 Å². The van der Waals surface area contributed by atoms with Crippen LogP contribution in [-0.2, 0) is 20.9 Å². The minimum absolute atomic E-state index is 0.104. The number of nitrogens with zero attached hydrogens (tertiary/aromatic N) is 1. The van der Waals surface area contributed by atoms with Crippen LogP contribution in [-0.4, -0.2) is 25.1 Å². The Morgan fingerprint density at radius 1 is 1.20 bits per heavy atom. The molecule has 5 nitrogen and oxygen atoms in total. The molecule has 0 saturated heterocycles. The number of aryl methyl sites for hydroxylation is 2. The highest BCUT2D eigenvalue weighted by molar-refractivity contribution is 6.01. The summed E-state index contributed by atoms with van der Waals surface area (Å²) in [4.78, 5) is 26.2. The van der Waals surface area contributed by atoms with Gasteiger partial charge in [-0.15, -0.1) is 0 Å². The van der Waals surface area contributed by atoms with Crippen molar-refractivity contribution in [1.29, 1.82) is 0 Å². The fourth-order valence-corrected chi connectivity index (χ4v) is 3.00. The molecule has 25 heavy (non-hydrogen) atoms. The van der Waals surface area contributed by atoms with Crippen LogP contribution in [0.15, 0.2) is 42.5 Å². The predicted molar refractivity (Wildman–Crippen MR) is 94.6 cm³/mol. The smallest absolute Gasteiger partial charge is 0.309 e. The Hall–Kier alpha value is -2.82. The molecule has 0 fully saturated rings. The van der Waals surface area contributed by atoms with Crippen molar-refractivity contribution in [3.8, 4) is 5.75 Å². The molecule has 2 aromatic rings. The molecule has 1 amide bonds. The summed E-state index contributed by atoms with van der Waals surface area (Å²) >= 11 is 0. The van der Waals surface area contributed by atoms with Crippen LogP contribution in [0.25, 0.3) is 0 Å². The Morgan fingerprint density at radius 3 is 2.68 bits per heavy atom. The maximum atomic E-state index is 12.9. The lowest BCUT2D eigenvalue weighted by molar-refractivity contribution is -0.145. The molecular weight excluding hydrogens is 318 g/mol. The number of benzene rings is 2. The van der Waals surface area contributed by atoms with Crippen molar-refractivity contribution in [3.63, 3.8) is 0 Å². The van der Waals surface area contributed by atoms with Crippen LogP contribution in [0.3, 0.4) is 0 Å². The molecule has 0 aromatic heterocycles. The Morgan fingerprint density at radius 2 is 1.96 bits per heavy atom. The lowest BCUT2D eigenvalue weighted by Gasteiger charge is -2.34. The highest BCUT2D eigenvalue weighted by Gasteiger charge is 2.36. The third-order valence-electron chi connectivity index (χ3n) is 4.37. The summed E-state index contributed by atoms with van der Waals surface area (Å²) < 4.78 is 10.4. The molecule has 0 saturated carbocycles. The zero-order chi connectivity index (χ0) is 18.0. The first-order valence-electron chi connectivity index (χ1n) is 8.19. The number of hydrogen-bond acceptors (Lipinski definition) is 4. The number of anilines is 1. The van der Waals surface area contributed by atoms with Crippen LogP contribution >= 0.6 is 0 Å². The van der Waals surface area contributed by atoms with Crippen LogP contribution in [0.2, 0.25) is 0 Å². The Balaban J connectivity index is 1.94. The van der Waals surface area contributed by atoms with E-state index < -0.39 is 12.1 Å². The van der Waals surface area contributed by atoms with Gasteiger partial charge in [-0.25, -0.2) is 0 Å². The largest absolute Gasteiger partial charge is 0.478 e. The monoisotopic (exact) mass is 339 g/mol. The SMILES string of the molecule is COC(=O)CC1Oc2ccccc2N(Cc2ccc(C)cc2C)C1=O. The van der Waals surface area contributed by atoms with Gasteiger partial charge in [-0.1, -0.05) is 35.9 Å². The normalized spacial score (nSPS) is 16.2. The summed E-state index contributed by atoms with van der Waals surface area (Å²) in [5, 5.41) is 0. The van der Waals surface area contributed by atoms with Gasteiger partial charge in [0.25, 0.3) is 5.91 Å². The molecule has 0 aliphatic carbocycles. The van der Waals surface area contributed by atoms with Crippen LogP contribution in [0.1, 0.15) is 23.1 Å². The van der Waals surface area contributed by atoms with E-state index in [1.165, 1.54) is 12.7 Å². The van der Waals surface area contributed by atoms with Crippen molar-refractivity contribution in [2.75, 3.05) is 12.0 Å². The summed E-state index contributed by atoms with van der Waals surface area (Å²) in [7, 11) is 1.30. The molecule has 2 aromatic carbocycles. The van der Waals surface area contributed by atoms with Crippen LogP contribution < -0.4 is 9.64 Å². The van der Waals surface area contributed by atoms with Gasteiger partial charge in [0, 0.05) is 0 Å². The van der Waals surface area contributed by atoms with Crippen molar-refractivity contribution in [2.24, 2.45) is 0 Å². The van der Waals surface area contributed by atoms with Gasteiger partial charge in [-0.3, -0.25) is 9.59 Å². The Labute approximate surface area is 147 Å². The standard InChI is InChI=1S/C20H21NO4/c1-13-8-9-15(14(2)10-13)12-21-16-6-4-5-7-17(16)25-18(20(21)23)11-19(22)24-3/h4-10,18H,11-12H2,1-3H3. The fourth-order valence-electron chi connectivity index (χ4n) is 3.00. The Kier molecular flexibility index (Phi) is 4.74. The first kappa shape index (κ1) is 17.0. The molecule has 1 heterocycles. The molecule has 1 unspecified atom stereocenters. The molecule has 3 rings (SSSR count). The van der Waals surface area contributed by atoms with Gasteiger partial charge < -0.3 is 14.4 Å². The number of methoxy groups -OCH3 is 1. The number of ether oxygens (including phenoxy) is 2. The van der Waals surface area contributed by atoms with Crippen molar-refractivity contribution >= 4 is 17.6 Å². The second-order valence-electron chi connectivity index (χ2n) is 6.21. The second kappa shape index (κ2) is 6.97. The minimum Gasteiger partial charge on any atom is -0.478 e. The number of para-hydroxylation sites is 2. The third kappa shape index (κ3) is 3.50. The summed E-state index contributed by atoms with van der Waals surface area (Å²) in [5.41, 5.74) is 4.08. The molecule has 5 heteroatoms. The van der Waals surface area contributed by atoms with E-state index in [1.54, 1.807) is 11.0 Å². The molecule has 1 aliphatic heterocycles. The summed E-state index contributed by atoms with van der Waals surface area (Å²) in [5.74, 6) is -0.103. The van der Waals surface area contributed by atoms with Crippen molar-refractivity contribution in [3.05, 3.63) is 59.2 Å². The molecule has 130 valence electrons. The lowest BCUT2D eigenvalue weighted by Crippen LogP contribution is -2.46. The minimum atomic E-state index is -0.867. The first-order chi connectivity index (χ1) is 12.0. The Bertz CT molecular complexity index is 815. The number of hydrogen-bond donors (Lipinski definition) is 0. The number of amides is 1. The number of fused-ring (bicyclic) bond motifs is 1. The van der Waals surface area contributed by atoms with E-state index in [-0.39, 0.29) is 12.3 Å². The van der Waals surface area contributed by atoms with Gasteiger partial charge in [-0.2, -0.15) is 0 Å². The van der Waals surface area contributed by atoms with E-state index in [0.717, 1.165) is 11.1 Å². The zero-order valence-electron chi connectivity index (χ0n) is 14.6. The van der Waals surface area contributed by atoms with Gasteiger partial charge in [-0.05, 0) is 37.1 Å². The highest BCUT2D eigenvalue weighted by atomic mass is 16.5. The number of carbonyl (C=O) groups is 2. The molecule has 1 atom stereocenters. The molecular formula is C20H21NO4. The van der Waals surface area contributed by atoms with E-state index in [0.29, 0.717) is 18.0 Å². The zero-order valence-corrected chi connectivity index (χ0v) is 14.6. The number of esters is 1. The van der Waals surface area contributed by atoms with Gasteiger partial charge in [0.1, 0.15) is 5.75 Å². The fraction of sp³-hybridized carbons (Fsp3) is 0.300. The van der Waals surface area contributed by atoms with E-state index >= 15 is 0 Å². The quantitative estimate of drug-likeness (QED) is 0.803. The summed E-state index contributed by atoms with van der Waals surface area (Å²) in [6, 6.07) is 13.5. The molecule has 0 radical (unpaired) electrons. The molecule has 0 N–H and O–H groups in total. The van der Waals surface area contributed by atoms with Crippen LogP contribution in [0, 0.1) is 13.8 Å². The average Bonchev–Trinajstić information content (AvgIpc) is 2.60. The van der Waals surface area contributed by atoms with Gasteiger partial charge in [0.05, 0.1) is 25.8 Å². The number of carbonyl (C=O) groups excluding carboxylic acids is 2. The maximum Gasteiger partial charge on any atom is 0.309 e. The van der Waals surface area contributed by atoms with Crippen molar-refractivity contribution in [2.45, 2.75) is 32.9 Å². The van der Waals surface area contributed by atoms with Crippen LogP contribution in [0.4, 0.5) is 5.69 Å². The average molecular weight is 339 g/mol. The second-order valence-corrected chi connectivity index (χ2v) is 6.21. The topological polar surface area (TPSA) is 55.8 Å². The maximum absolute atomic E-state index is 12.9. The van der Waals surface area contributed by atoms with E-state index in [9.17, 15) is 9.59 Å². The predicted octanol–water partition coefficient (Wildman–Crippen LogP) is 3.16. The molecule has 0 spiro atoms. The van der Waals surface area contributed by atoms with E-state index in [4.69, 9.17) is 4.74 Å². The number of rotatable bonds is 4.